The summed E-state index contributed by atoms with van der Waals surface area (Å²) >= 11 is 9.72. The molecule has 0 amide bonds. The third kappa shape index (κ3) is 4.39. The van der Waals surface area contributed by atoms with Gasteiger partial charge < -0.3 is 5.32 Å². The van der Waals surface area contributed by atoms with Crippen LogP contribution >= 0.6 is 27.5 Å². The average Bonchev–Trinajstić information content (AvgIpc) is 2.58. The van der Waals surface area contributed by atoms with Crippen LogP contribution in [0, 0.1) is 11.8 Å². The fourth-order valence-electron chi connectivity index (χ4n) is 2.97. The summed E-state index contributed by atoms with van der Waals surface area (Å²) in [7, 11) is 0. The molecule has 1 nitrogen and oxygen atoms in total. The molecule has 1 aromatic carbocycles. The summed E-state index contributed by atoms with van der Waals surface area (Å²) in [6.07, 6.45) is 6.56. The molecule has 3 heteroatoms. The van der Waals surface area contributed by atoms with Crippen LogP contribution in [0.25, 0.3) is 0 Å². The van der Waals surface area contributed by atoms with Crippen LogP contribution in [0.15, 0.2) is 22.7 Å². The molecule has 0 aromatic heterocycles. The van der Waals surface area contributed by atoms with Crippen molar-refractivity contribution in [2.24, 2.45) is 11.8 Å². The van der Waals surface area contributed by atoms with Gasteiger partial charge in [-0.3, -0.25) is 0 Å². The maximum Gasteiger partial charge on any atom is 0.0648 e. The number of nitrogens with one attached hydrogen (secondary N) is 1. The minimum atomic E-state index is 0.572. The van der Waals surface area contributed by atoms with Crippen LogP contribution in [0.3, 0.4) is 0 Å². The second-order valence-electron chi connectivity index (χ2n) is 5.98. The molecular formula is C16H23BrClN. The number of halogens is 2. The zero-order valence-corrected chi connectivity index (χ0v) is 14.1. The monoisotopic (exact) mass is 343 g/mol. The van der Waals surface area contributed by atoms with Gasteiger partial charge in [-0.05, 0) is 49.3 Å². The molecule has 2 rings (SSSR count). The Morgan fingerprint density at radius 3 is 2.68 bits per heavy atom. The van der Waals surface area contributed by atoms with E-state index < -0.39 is 0 Å². The van der Waals surface area contributed by atoms with Crippen molar-refractivity contribution in [3.8, 4) is 0 Å². The van der Waals surface area contributed by atoms with Gasteiger partial charge in [-0.15, -0.1) is 0 Å². The smallest absolute Gasteiger partial charge is 0.0648 e. The lowest BCUT2D eigenvalue weighted by molar-refractivity contribution is 0.341. The third-order valence-electron chi connectivity index (χ3n) is 4.25. The molecule has 19 heavy (non-hydrogen) atoms. The molecule has 106 valence electrons. The van der Waals surface area contributed by atoms with Crippen LogP contribution in [-0.2, 0) is 0 Å². The third-order valence-corrected chi connectivity index (χ3v) is 5.05. The van der Waals surface area contributed by atoms with Gasteiger partial charge in [0, 0.05) is 10.5 Å². The highest BCUT2D eigenvalue weighted by Crippen LogP contribution is 2.32. The number of benzene rings is 1. The zero-order chi connectivity index (χ0) is 13.8. The van der Waals surface area contributed by atoms with Gasteiger partial charge in [0.2, 0.25) is 0 Å². The molecule has 1 fully saturated rings. The molecule has 0 bridgehead atoms. The molecule has 2 atom stereocenters. The minimum absolute atomic E-state index is 0.572. The number of anilines is 1. The van der Waals surface area contributed by atoms with E-state index in [1.165, 1.54) is 32.1 Å². The standard InChI is InChI=1S/C16H23BrClN/c1-11(2)12-4-3-5-14(8-6-12)19-16-9-7-13(17)10-15(16)18/h7,9-12,14,19H,3-6,8H2,1-2H3. The Hall–Kier alpha value is -0.210. The molecule has 0 radical (unpaired) electrons. The van der Waals surface area contributed by atoms with E-state index in [0.29, 0.717) is 6.04 Å². The Morgan fingerprint density at radius 1 is 1.21 bits per heavy atom. The molecule has 1 aliphatic carbocycles. The van der Waals surface area contributed by atoms with Crippen molar-refractivity contribution in [2.75, 3.05) is 5.32 Å². The second-order valence-corrected chi connectivity index (χ2v) is 7.30. The highest BCUT2D eigenvalue weighted by atomic mass is 79.9. The number of hydrogen-bond acceptors (Lipinski definition) is 1. The molecule has 1 aromatic rings. The molecule has 0 heterocycles. The van der Waals surface area contributed by atoms with Crippen molar-refractivity contribution >= 4 is 33.2 Å². The van der Waals surface area contributed by atoms with E-state index in [1.54, 1.807) is 0 Å². The largest absolute Gasteiger partial charge is 0.381 e. The lowest BCUT2D eigenvalue weighted by atomic mass is 9.89. The second kappa shape index (κ2) is 6.99. The van der Waals surface area contributed by atoms with Crippen LogP contribution < -0.4 is 5.32 Å². The Labute approximate surface area is 130 Å². The topological polar surface area (TPSA) is 12.0 Å². The predicted molar refractivity (Wildman–Crippen MR) is 88.0 cm³/mol. The molecule has 0 saturated heterocycles. The maximum absolute atomic E-state index is 6.28. The van der Waals surface area contributed by atoms with Gasteiger partial charge >= 0.3 is 0 Å². The van der Waals surface area contributed by atoms with Crippen molar-refractivity contribution < 1.29 is 0 Å². The van der Waals surface area contributed by atoms with E-state index in [1.807, 2.05) is 12.1 Å². The number of hydrogen-bond donors (Lipinski definition) is 1. The molecule has 2 unspecified atom stereocenters. The van der Waals surface area contributed by atoms with Crippen LogP contribution in [0.5, 0.6) is 0 Å². The van der Waals surface area contributed by atoms with Gasteiger partial charge in [0.1, 0.15) is 0 Å². The van der Waals surface area contributed by atoms with Crippen molar-refractivity contribution in [1.29, 1.82) is 0 Å². The summed E-state index contributed by atoms with van der Waals surface area (Å²) in [5, 5.41) is 4.43. The summed E-state index contributed by atoms with van der Waals surface area (Å²) in [5.41, 5.74) is 1.07. The van der Waals surface area contributed by atoms with Crippen molar-refractivity contribution in [2.45, 2.75) is 52.0 Å². The molecule has 1 N–H and O–H groups in total. The Balaban J connectivity index is 1.96. The summed E-state index contributed by atoms with van der Waals surface area (Å²) in [6.45, 7) is 4.70. The zero-order valence-electron chi connectivity index (χ0n) is 11.8. The number of rotatable bonds is 3. The van der Waals surface area contributed by atoms with Gasteiger partial charge in [-0.1, -0.05) is 54.2 Å². The van der Waals surface area contributed by atoms with E-state index in [4.69, 9.17) is 11.6 Å². The van der Waals surface area contributed by atoms with Crippen molar-refractivity contribution in [3.05, 3.63) is 27.7 Å². The fraction of sp³-hybridized carbons (Fsp3) is 0.625. The lowest BCUT2D eigenvalue weighted by Gasteiger charge is -2.20. The predicted octanol–water partition coefficient (Wildman–Crippen LogP) is 6.12. The van der Waals surface area contributed by atoms with E-state index in [9.17, 15) is 0 Å². The molecular weight excluding hydrogens is 322 g/mol. The first-order valence-electron chi connectivity index (χ1n) is 7.28. The summed E-state index contributed by atoms with van der Waals surface area (Å²) in [5.74, 6) is 1.71. The summed E-state index contributed by atoms with van der Waals surface area (Å²) in [6, 6.07) is 6.64. The minimum Gasteiger partial charge on any atom is -0.381 e. The van der Waals surface area contributed by atoms with E-state index in [2.05, 4.69) is 41.2 Å². The molecule has 1 aliphatic rings. The highest BCUT2D eigenvalue weighted by molar-refractivity contribution is 9.10. The van der Waals surface area contributed by atoms with E-state index in [0.717, 1.165) is 27.0 Å². The Kier molecular flexibility index (Phi) is 5.58. The Bertz CT molecular complexity index is 419. The van der Waals surface area contributed by atoms with Crippen molar-refractivity contribution in [1.82, 2.24) is 0 Å². The van der Waals surface area contributed by atoms with E-state index in [-0.39, 0.29) is 0 Å². The van der Waals surface area contributed by atoms with Gasteiger partial charge in [0.15, 0.2) is 0 Å². The highest BCUT2D eigenvalue weighted by Gasteiger charge is 2.21. The molecule has 0 aliphatic heterocycles. The van der Waals surface area contributed by atoms with Crippen LogP contribution in [0.4, 0.5) is 5.69 Å². The molecule has 1 saturated carbocycles. The summed E-state index contributed by atoms with van der Waals surface area (Å²) in [4.78, 5) is 0. The lowest BCUT2D eigenvalue weighted by Crippen LogP contribution is -2.19. The van der Waals surface area contributed by atoms with Crippen LogP contribution in [0.2, 0.25) is 5.02 Å². The normalized spacial score (nSPS) is 24.3. The first-order valence-corrected chi connectivity index (χ1v) is 8.45. The van der Waals surface area contributed by atoms with Gasteiger partial charge in [-0.2, -0.15) is 0 Å². The quantitative estimate of drug-likeness (QED) is 0.651. The van der Waals surface area contributed by atoms with Crippen LogP contribution in [-0.4, -0.2) is 6.04 Å². The Morgan fingerprint density at radius 2 is 2.00 bits per heavy atom. The average molecular weight is 345 g/mol. The van der Waals surface area contributed by atoms with Crippen molar-refractivity contribution in [3.63, 3.8) is 0 Å². The van der Waals surface area contributed by atoms with Gasteiger partial charge in [0.05, 0.1) is 10.7 Å². The first kappa shape index (κ1) is 15.2. The maximum atomic E-state index is 6.28. The van der Waals surface area contributed by atoms with Gasteiger partial charge in [0.25, 0.3) is 0 Å². The van der Waals surface area contributed by atoms with E-state index >= 15 is 0 Å². The SMILES string of the molecule is CC(C)C1CCCC(Nc2ccc(Br)cc2Cl)CC1. The molecule has 0 spiro atoms. The fourth-order valence-corrected chi connectivity index (χ4v) is 3.70. The van der Waals surface area contributed by atoms with Crippen LogP contribution in [0.1, 0.15) is 46.0 Å². The summed E-state index contributed by atoms with van der Waals surface area (Å²) < 4.78 is 1.03. The van der Waals surface area contributed by atoms with Gasteiger partial charge in [-0.25, -0.2) is 0 Å². The first-order chi connectivity index (χ1) is 9.06.